The van der Waals surface area contributed by atoms with E-state index in [2.05, 4.69) is 93.9 Å². The molecule has 3 aromatic carbocycles. The topological polar surface area (TPSA) is 45.3 Å². The van der Waals surface area contributed by atoms with Gasteiger partial charge in [-0.3, -0.25) is 9.69 Å². The van der Waals surface area contributed by atoms with E-state index in [1.807, 2.05) is 29.2 Å². The van der Waals surface area contributed by atoms with Crippen LogP contribution in [0.5, 0.6) is 11.5 Å². The molecule has 1 saturated heterocycles. The zero-order valence-corrected chi connectivity index (χ0v) is 27.0. The van der Waals surface area contributed by atoms with Crippen molar-refractivity contribution in [3.05, 3.63) is 89.0 Å². The Morgan fingerprint density at radius 3 is 2.21 bits per heavy atom. The van der Waals surface area contributed by atoms with E-state index in [-0.39, 0.29) is 18.1 Å². The van der Waals surface area contributed by atoms with Gasteiger partial charge in [0.15, 0.2) is 11.5 Å². The Balaban J connectivity index is 1.44. The molecule has 2 aliphatic rings. The van der Waals surface area contributed by atoms with Crippen molar-refractivity contribution in [3.63, 3.8) is 0 Å². The molecule has 0 N–H and O–H groups in total. The van der Waals surface area contributed by atoms with Crippen LogP contribution in [0.15, 0.2) is 66.7 Å². The molecular weight excluding hydrogens is 534 g/mol. The van der Waals surface area contributed by atoms with Crippen LogP contribution in [0.3, 0.4) is 0 Å². The van der Waals surface area contributed by atoms with Crippen LogP contribution in [0.4, 0.5) is 5.69 Å². The van der Waals surface area contributed by atoms with Gasteiger partial charge in [0.1, 0.15) is 0 Å². The molecule has 1 amide bonds. The Bertz CT molecular complexity index is 1370. The van der Waals surface area contributed by atoms with E-state index in [1.165, 1.54) is 18.4 Å². The summed E-state index contributed by atoms with van der Waals surface area (Å²) in [6.45, 7) is 13.3. The molecule has 1 fully saturated rings. The van der Waals surface area contributed by atoms with Gasteiger partial charge in [-0.05, 0) is 101 Å². The number of likely N-dealkylation sites (tertiary alicyclic amines) is 1. The predicted octanol–water partition coefficient (Wildman–Crippen LogP) is 7.42. The number of nitrogens with zero attached hydrogens (tertiary/aromatic N) is 3. The van der Waals surface area contributed by atoms with E-state index < -0.39 is 0 Å². The van der Waals surface area contributed by atoms with E-state index in [0.717, 1.165) is 47.6 Å². The molecule has 2 heterocycles. The van der Waals surface area contributed by atoms with Gasteiger partial charge in [-0.2, -0.15) is 0 Å². The third kappa shape index (κ3) is 6.61. The lowest BCUT2D eigenvalue weighted by Gasteiger charge is -2.41. The van der Waals surface area contributed by atoms with Crippen molar-refractivity contribution in [2.75, 3.05) is 32.1 Å². The summed E-state index contributed by atoms with van der Waals surface area (Å²) < 4.78 is 12.0. The maximum absolute atomic E-state index is 13.9. The predicted molar refractivity (Wildman–Crippen MR) is 175 cm³/mol. The zero-order chi connectivity index (χ0) is 30.7. The molecule has 0 spiro atoms. The summed E-state index contributed by atoms with van der Waals surface area (Å²) in [5.74, 6) is 1.47. The zero-order valence-electron chi connectivity index (χ0n) is 27.0. The number of carbonyl (C=O) groups is 1. The minimum Gasteiger partial charge on any atom is -0.493 e. The Morgan fingerprint density at radius 1 is 0.930 bits per heavy atom. The van der Waals surface area contributed by atoms with E-state index in [9.17, 15) is 4.79 Å². The smallest absolute Gasteiger partial charge is 0.232 e. The maximum atomic E-state index is 13.9. The highest BCUT2D eigenvalue weighted by Gasteiger charge is 2.36. The van der Waals surface area contributed by atoms with Crippen LogP contribution in [0.25, 0.3) is 0 Å². The van der Waals surface area contributed by atoms with Gasteiger partial charge >= 0.3 is 0 Å². The number of ether oxygens (including phenoxy) is 2. The van der Waals surface area contributed by atoms with Crippen molar-refractivity contribution >= 4 is 11.6 Å². The molecule has 0 saturated carbocycles. The highest BCUT2D eigenvalue weighted by molar-refractivity contribution is 5.98. The minimum atomic E-state index is -0.261. The number of hydrogen-bond acceptors (Lipinski definition) is 5. The summed E-state index contributed by atoms with van der Waals surface area (Å²) in [6.07, 6.45) is 3.66. The van der Waals surface area contributed by atoms with E-state index in [4.69, 9.17) is 9.47 Å². The second-order valence-corrected chi connectivity index (χ2v) is 12.6. The molecule has 0 aliphatic carbocycles. The van der Waals surface area contributed by atoms with Crippen LogP contribution in [0.2, 0.25) is 0 Å². The van der Waals surface area contributed by atoms with Gasteiger partial charge in [0.25, 0.3) is 0 Å². The van der Waals surface area contributed by atoms with Crippen LogP contribution in [0, 0.1) is 0 Å². The fourth-order valence-corrected chi connectivity index (χ4v) is 6.59. The van der Waals surface area contributed by atoms with E-state index in [1.54, 1.807) is 7.11 Å². The van der Waals surface area contributed by atoms with Gasteiger partial charge in [0.05, 0.1) is 25.7 Å². The molecule has 43 heavy (non-hydrogen) atoms. The Labute approximate surface area is 258 Å². The van der Waals surface area contributed by atoms with Gasteiger partial charge in [-0.15, -0.1) is 0 Å². The van der Waals surface area contributed by atoms with E-state index in [0.29, 0.717) is 30.3 Å². The fraction of sp³-hybridized carbons (Fsp3) is 0.486. The number of methoxy groups -OCH3 is 1. The molecule has 0 bridgehead atoms. The Morgan fingerprint density at radius 2 is 1.60 bits per heavy atom. The number of hydrogen-bond donors (Lipinski definition) is 0. The summed E-state index contributed by atoms with van der Waals surface area (Å²) in [4.78, 5) is 21.0. The molecule has 0 aromatic heterocycles. The molecule has 0 radical (unpaired) electrons. The van der Waals surface area contributed by atoms with Crippen molar-refractivity contribution in [1.82, 2.24) is 9.80 Å². The van der Waals surface area contributed by atoms with Crippen LogP contribution in [0.1, 0.15) is 88.2 Å². The van der Waals surface area contributed by atoms with Gasteiger partial charge in [0, 0.05) is 36.9 Å². The summed E-state index contributed by atoms with van der Waals surface area (Å²) >= 11 is 0. The minimum absolute atomic E-state index is 0.0555. The molecule has 5 rings (SSSR count). The number of rotatable bonds is 10. The summed E-state index contributed by atoms with van der Waals surface area (Å²) in [7, 11) is 3.91. The lowest BCUT2D eigenvalue weighted by Crippen LogP contribution is -2.46. The first kappa shape index (κ1) is 31.1. The molecule has 3 aromatic rings. The quantitative estimate of drug-likeness (QED) is 0.249. The third-order valence-electron chi connectivity index (χ3n) is 9.70. The third-order valence-corrected chi connectivity index (χ3v) is 9.70. The van der Waals surface area contributed by atoms with Crippen molar-refractivity contribution in [2.24, 2.45) is 0 Å². The van der Waals surface area contributed by atoms with Crippen molar-refractivity contribution in [2.45, 2.75) is 90.6 Å². The molecule has 3 atom stereocenters. The second-order valence-electron chi connectivity index (χ2n) is 12.6. The number of anilines is 1. The molecule has 3 unspecified atom stereocenters. The van der Waals surface area contributed by atoms with Gasteiger partial charge in [-0.1, -0.05) is 49.4 Å². The van der Waals surface area contributed by atoms with Crippen LogP contribution in [-0.4, -0.2) is 61.1 Å². The number of carbonyl (C=O) groups excluding carboxylic acids is 1. The normalized spacial score (nSPS) is 19.4. The lowest BCUT2D eigenvalue weighted by atomic mass is 9.86. The Hall–Kier alpha value is -3.35. The molecular formula is C37H49N3O3. The maximum Gasteiger partial charge on any atom is 0.232 e. The first-order valence-corrected chi connectivity index (χ1v) is 16.0. The standard InChI is InChI=1S/C37H49N3O3/c1-8-26(4)43-35-24-33-30(22-34(35)42-7)23-36(41)40(37(33)29-12-10-9-11-13-29)32-16-14-28(15-17-32)27(5)39-20-18-31(19-21-39)38(6)25(2)3/h9-17,22,24-27,31,37H,8,18-21,23H2,1-7H3. The summed E-state index contributed by atoms with van der Waals surface area (Å²) in [5, 5.41) is 0. The van der Waals surface area contributed by atoms with Gasteiger partial charge < -0.3 is 19.3 Å². The van der Waals surface area contributed by atoms with Gasteiger partial charge in [-0.25, -0.2) is 0 Å². The molecule has 2 aliphatic heterocycles. The number of benzene rings is 3. The van der Waals surface area contributed by atoms with E-state index >= 15 is 0 Å². The van der Waals surface area contributed by atoms with Gasteiger partial charge in [0.2, 0.25) is 5.91 Å². The Kier molecular flexibility index (Phi) is 9.78. The molecule has 230 valence electrons. The highest BCUT2D eigenvalue weighted by Crippen LogP contribution is 2.44. The molecule has 6 nitrogen and oxygen atoms in total. The number of amides is 1. The second kappa shape index (κ2) is 13.5. The molecule has 6 heteroatoms. The largest absolute Gasteiger partial charge is 0.493 e. The van der Waals surface area contributed by atoms with Crippen molar-refractivity contribution < 1.29 is 14.3 Å². The SMILES string of the molecule is CCC(C)Oc1cc2c(cc1OC)CC(=O)N(c1ccc(C(C)N3CCC(N(C)C(C)C)CC3)cc1)C2c1ccccc1. The fourth-order valence-electron chi connectivity index (χ4n) is 6.59. The van der Waals surface area contributed by atoms with Crippen molar-refractivity contribution in [1.29, 1.82) is 0 Å². The number of fused-ring (bicyclic) bond motifs is 1. The number of piperidine rings is 1. The highest BCUT2D eigenvalue weighted by atomic mass is 16.5. The first-order valence-electron chi connectivity index (χ1n) is 16.0. The van der Waals surface area contributed by atoms with Crippen LogP contribution in [-0.2, 0) is 11.2 Å². The lowest BCUT2D eigenvalue weighted by molar-refractivity contribution is -0.118. The van der Waals surface area contributed by atoms with Crippen molar-refractivity contribution in [3.8, 4) is 11.5 Å². The summed E-state index contributed by atoms with van der Waals surface area (Å²) in [6, 6.07) is 24.4. The average molecular weight is 584 g/mol. The first-order chi connectivity index (χ1) is 20.7. The summed E-state index contributed by atoms with van der Waals surface area (Å²) in [5.41, 5.74) is 5.34. The van der Waals surface area contributed by atoms with Crippen LogP contribution >= 0.6 is 0 Å². The average Bonchev–Trinajstić information content (AvgIpc) is 3.03. The van der Waals surface area contributed by atoms with Crippen LogP contribution < -0.4 is 14.4 Å². The monoisotopic (exact) mass is 583 g/mol.